The van der Waals surface area contributed by atoms with Gasteiger partial charge in [0.15, 0.2) is 0 Å². The molecule has 1 aromatic carbocycles. The SMILES string of the molecule is CC(C)Oc1ccc(C(O)C2C3C4CCC(C4)C32)cc1. The van der Waals surface area contributed by atoms with Crippen LogP contribution in [-0.4, -0.2) is 11.2 Å². The number of rotatable bonds is 4. The number of aliphatic hydroxyl groups excluding tert-OH is 1. The molecule has 2 bridgehead atoms. The van der Waals surface area contributed by atoms with Crippen molar-refractivity contribution in [2.24, 2.45) is 29.6 Å². The van der Waals surface area contributed by atoms with Gasteiger partial charge in [-0.05, 0) is 80.4 Å². The van der Waals surface area contributed by atoms with E-state index in [0.29, 0.717) is 5.92 Å². The first-order chi connectivity index (χ1) is 9.65. The maximum Gasteiger partial charge on any atom is 0.119 e. The molecule has 5 unspecified atom stereocenters. The molecule has 1 aromatic rings. The van der Waals surface area contributed by atoms with E-state index in [-0.39, 0.29) is 12.2 Å². The second kappa shape index (κ2) is 4.49. The number of benzene rings is 1. The van der Waals surface area contributed by atoms with E-state index in [9.17, 15) is 5.11 Å². The third-order valence-corrected chi connectivity index (χ3v) is 5.75. The summed E-state index contributed by atoms with van der Waals surface area (Å²) in [4.78, 5) is 0. The highest BCUT2D eigenvalue weighted by atomic mass is 16.5. The van der Waals surface area contributed by atoms with E-state index in [4.69, 9.17) is 4.74 Å². The predicted molar refractivity (Wildman–Crippen MR) is 78.5 cm³/mol. The molecule has 0 aliphatic heterocycles. The lowest BCUT2D eigenvalue weighted by Gasteiger charge is -2.16. The molecule has 20 heavy (non-hydrogen) atoms. The molecule has 0 amide bonds. The van der Waals surface area contributed by atoms with Crippen LogP contribution in [0.1, 0.15) is 44.8 Å². The van der Waals surface area contributed by atoms with Crippen LogP contribution in [0.25, 0.3) is 0 Å². The van der Waals surface area contributed by atoms with Crippen LogP contribution >= 0.6 is 0 Å². The van der Waals surface area contributed by atoms with E-state index >= 15 is 0 Å². The molecule has 4 rings (SSSR count). The lowest BCUT2D eigenvalue weighted by molar-refractivity contribution is 0.130. The van der Waals surface area contributed by atoms with Crippen LogP contribution in [0.3, 0.4) is 0 Å². The third kappa shape index (κ3) is 1.88. The smallest absolute Gasteiger partial charge is 0.119 e. The molecule has 1 N–H and O–H groups in total. The third-order valence-electron chi connectivity index (χ3n) is 5.75. The van der Waals surface area contributed by atoms with Gasteiger partial charge < -0.3 is 9.84 Å². The molecule has 0 saturated heterocycles. The predicted octanol–water partition coefficient (Wildman–Crippen LogP) is 3.80. The Morgan fingerprint density at radius 1 is 1.05 bits per heavy atom. The molecule has 0 spiro atoms. The summed E-state index contributed by atoms with van der Waals surface area (Å²) < 4.78 is 5.66. The van der Waals surface area contributed by atoms with Crippen molar-refractivity contribution in [3.05, 3.63) is 29.8 Å². The summed E-state index contributed by atoms with van der Waals surface area (Å²) >= 11 is 0. The van der Waals surface area contributed by atoms with E-state index in [1.165, 1.54) is 19.3 Å². The molecule has 108 valence electrons. The molecule has 2 heteroatoms. The molecule has 3 aliphatic carbocycles. The Morgan fingerprint density at radius 2 is 1.65 bits per heavy atom. The zero-order valence-electron chi connectivity index (χ0n) is 12.3. The summed E-state index contributed by atoms with van der Waals surface area (Å²) in [5, 5.41) is 10.7. The number of ether oxygens (including phenoxy) is 1. The van der Waals surface area contributed by atoms with Crippen LogP contribution in [0, 0.1) is 29.6 Å². The highest BCUT2D eigenvalue weighted by Crippen LogP contribution is 2.72. The Hall–Kier alpha value is -1.02. The van der Waals surface area contributed by atoms with Gasteiger partial charge in [-0.3, -0.25) is 0 Å². The van der Waals surface area contributed by atoms with Gasteiger partial charge in [0.2, 0.25) is 0 Å². The van der Waals surface area contributed by atoms with Crippen LogP contribution < -0.4 is 4.74 Å². The number of fused-ring (bicyclic) bond motifs is 5. The van der Waals surface area contributed by atoms with Crippen LogP contribution in [-0.2, 0) is 0 Å². The standard InChI is InChI=1S/C18H24O2/c1-10(2)20-14-7-5-11(6-8-14)18(19)17-15-12-3-4-13(9-12)16(15)17/h5-8,10,12-13,15-19H,3-4,9H2,1-2H3. The van der Waals surface area contributed by atoms with Crippen molar-refractivity contribution in [2.45, 2.75) is 45.3 Å². The Labute approximate surface area is 121 Å². The van der Waals surface area contributed by atoms with Crippen LogP contribution in [0.15, 0.2) is 24.3 Å². The summed E-state index contributed by atoms with van der Waals surface area (Å²) in [5.74, 6) is 4.94. The van der Waals surface area contributed by atoms with Gasteiger partial charge in [0.05, 0.1) is 12.2 Å². The molecule has 5 atom stereocenters. The van der Waals surface area contributed by atoms with E-state index in [1.54, 1.807) is 0 Å². The fraction of sp³-hybridized carbons (Fsp3) is 0.667. The van der Waals surface area contributed by atoms with Crippen molar-refractivity contribution in [1.29, 1.82) is 0 Å². The van der Waals surface area contributed by atoms with Crippen molar-refractivity contribution in [2.75, 3.05) is 0 Å². The lowest BCUT2D eigenvalue weighted by atomic mass is 9.95. The first-order valence-corrected chi connectivity index (χ1v) is 8.10. The number of aliphatic hydroxyl groups is 1. The largest absolute Gasteiger partial charge is 0.491 e. The molecular weight excluding hydrogens is 248 g/mol. The van der Waals surface area contributed by atoms with E-state index in [2.05, 4.69) is 0 Å². The minimum absolute atomic E-state index is 0.198. The van der Waals surface area contributed by atoms with Gasteiger partial charge in [0, 0.05) is 0 Å². The summed E-state index contributed by atoms with van der Waals surface area (Å²) in [6, 6.07) is 8.06. The maximum absolute atomic E-state index is 10.7. The number of hydrogen-bond donors (Lipinski definition) is 1. The average Bonchev–Trinajstić information content (AvgIpc) is 2.86. The van der Waals surface area contributed by atoms with E-state index < -0.39 is 0 Å². The van der Waals surface area contributed by atoms with Crippen molar-refractivity contribution in [3.63, 3.8) is 0 Å². The van der Waals surface area contributed by atoms with Crippen LogP contribution in [0.4, 0.5) is 0 Å². The Balaban J connectivity index is 1.46. The normalized spacial score (nSPS) is 38.9. The molecule has 0 heterocycles. The minimum Gasteiger partial charge on any atom is -0.491 e. The lowest BCUT2D eigenvalue weighted by Crippen LogP contribution is -2.09. The van der Waals surface area contributed by atoms with Crippen molar-refractivity contribution >= 4 is 0 Å². The van der Waals surface area contributed by atoms with Gasteiger partial charge in [-0.15, -0.1) is 0 Å². The molecular formula is C18H24O2. The Morgan fingerprint density at radius 3 is 2.20 bits per heavy atom. The molecule has 2 nitrogen and oxygen atoms in total. The molecule has 3 saturated carbocycles. The van der Waals surface area contributed by atoms with Gasteiger partial charge >= 0.3 is 0 Å². The molecule has 0 radical (unpaired) electrons. The quantitative estimate of drug-likeness (QED) is 0.903. The molecule has 3 fully saturated rings. The molecule has 3 aliphatic rings. The first-order valence-electron chi connectivity index (χ1n) is 8.10. The second-order valence-electron chi connectivity index (χ2n) is 7.25. The average molecular weight is 272 g/mol. The summed E-state index contributed by atoms with van der Waals surface area (Å²) in [5.41, 5.74) is 1.07. The van der Waals surface area contributed by atoms with Gasteiger partial charge in [-0.1, -0.05) is 12.1 Å². The molecule has 0 aromatic heterocycles. The Bertz CT molecular complexity index is 477. The van der Waals surface area contributed by atoms with Crippen LogP contribution in [0.2, 0.25) is 0 Å². The van der Waals surface area contributed by atoms with Crippen molar-refractivity contribution in [3.8, 4) is 5.75 Å². The highest BCUT2D eigenvalue weighted by Gasteiger charge is 2.66. The topological polar surface area (TPSA) is 29.5 Å². The van der Waals surface area contributed by atoms with Gasteiger partial charge in [-0.2, -0.15) is 0 Å². The van der Waals surface area contributed by atoms with E-state index in [1.807, 2.05) is 38.1 Å². The van der Waals surface area contributed by atoms with Gasteiger partial charge in [0.1, 0.15) is 5.75 Å². The summed E-state index contributed by atoms with van der Waals surface area (Å²) in [6.45, 7) is 4.06. The first kappa shape index (κ1) is 12.7. The van der Waals surface area contributed by atoms with Crippen LogP contribution in [0.5, 0.6) is 5.75 Å². The number of hydrogen-bond acceptors (Lipinski definition) is 2. The fourth-order valence-corrected chi connectivity index (χ4v) is 5.05. The Kier molecular flexibility index (Phi) is 2.85. The van der Waals surface area contributed by atoms with Crippen molar-refractivity contribution in [1.82, 2.24) is 0 Å². The monoisotopic (exact) mass is 272 g/mol. The fourth-order valence-electron chi connectivity index (χ4n) is 5.05. The highest BCUT2D eigenvalue weighted by molar-refractivity contribution is 5.31. The zero-order valence-corrected chi connectivity index (χ0v) is 12.3. The van der Waals surface area contributed by atoms with E-state index in [0.717, 1.165) is 35.0 Å². The van der Waals surface area contributed by atoms with Gasteiger partial charge in [-0.25, -0.2) is 0 Å². The van der Waals surface area contributed by atoms with Crippen molar-refractivity contribution < 1.29 is 9.84 Å². The zero-order chi connectivity index (χ0) is 13.9. The maximum atomic E-state index is 10.7. The summed E-state index contributed by atoms with van der Waals surface area (Å²) in [6.07, 6.45) is 4.21. The second-order valence-corrected chi connectivity index (χ2v) is 7.25. The summed E-state index contributed by atoms with van der Waals surface area (Å²) in [7, 11) is 0. The minimum atomic E-state index is -0.263. The van der Waals surface area contributed by atoms with Gasteiger partial charge in [0.25, 0.3) is 0 Å².